The zero-order valence-electron chi connectivity index (χ0n) is 10.8. The first-order chi connectivity index (χ1) is 9.20. The molecule has 1 N–H and O–H groups in total. The summed E-state index contributed by atoms with van der Waals surface area (Å²) in [4.78, 5) is 25.0. The van der Waals surface area contributed by atoms with Gasteiger partial charge in [0.05, 0.1) is 18.5 Å². The molecule has 3 rings (SSSR count). The summed E-state index contributed by atoms with van der Waals surface area (Å²) < 4.78 is 5.56. The minimum atomic E-state index is -0.424. The second-order valence-electron chi connectivity index (χ2n) is 4.80. The molecule has 1 saturated heterocycles. The number of amides is 2. The normalized spacial score (nSPS) is 25.6. The zero-order valence-corrected chi connectivity index (χ0v) is 10.8. The van der Waals surface area contributed by atoms with Crippen molar-refractivity contribution in [3.8, 4) is 5.75 Å². The van der Waals surface area contributed by atoms with Crippen LogP contribution in [0.4, 0.5) is 0 Å². The number of carbonyl (C=O) groups is 2. The minimum Gasteiger partial charge on any atom is -0.491 e. The third-order valence-corrected chi connectivity index (χ3v) is 3.66. The van der Waals surface area contributed by atoms with E-state index in [1.54, 1.807) is 0 Å². The minimum absolute atomic E-state index is 0.0187. The Bertz CT molecular complexity index is 529. The molecule has 2 heterocycles. The Kier molecular flexibility index (Phi) is 2.98. The van der Waals surface area contributed by atoms with Gasteiger partial charge in [-0.05, 0) is 13.0 Å². The van der Waals surface area contributed by atoms with Crippen molar-refractivity contribution in [2.75, 3.05) is 13.2 Å². The van der Waals surface area contributed by atoms with E-state index < -0.39 is 6.04 Å². The van der Waals surface area contributed by atoms with Gasteiger partial charge in [-0.25, -0.2) is 0 Å². The fourth-order valence-electron chi connectivity index (χ4n) is 2.69. The number of fused-ring (bicyclic) bond motifs is 1. The van der Waals surface area contributed by atoms with Crippen molar-refractivity contribution in [2.45, 2.75) is 25.4 Å². The van der Waals surface area contributed by atoms with Crippen LogP contribution in [0.2, 0.25) is 0 Å². The van der Waals surface area contributed by atoms with Crippen LogP contribution < -0.4 is 10.1 Å². The van der Waals surface area contributed by atoms with Gasteiger partial charge in [0.25, 0.3) is 0 Å². The molecular formula is C14H16N2O3. The van der Waals surface area contributed by atoms with Crippen LogP contribution >= 0.6 is 0 Å². The Morgan fingerprint density at radius 3 is 2.84 bits per heavy atom. The van der Waals surface area contributed by atoms with Gasteiger partial charge in [-0.2, -0.15) is 0 Å². The number of para-hydroxylation sites is 1. The van der Waals surface area contributed by atoms with Gasteiger partial charge in [-0.15, -0.1) is 0 Å². The Morgan fingerprint density at radius 1 is 1.32 bits per heavy atom. The highest BCUT2D eigenvalue weighted by atomic mass is 16.5. The van der Waals surface area contributed by atoms with E-state index >= 15 is 0 Å². The Hall–Kier alpha value is -1.88. The monoisotopic (exact) mass is 260 g/mol. The number of imide groups is 1. The molecule has 0 aliphatic carbocycles. The number of likely N-dealkylation sites (tertiary alicyclic amines) is 1. The highest BCUT2D eigenvalue weighted by Crippen LogP contribution is 2.32. The average Bonchev–Trinajstić information content (AvgIpc) is 2.93. The molecule has 2 atom stereocenters. The first-order valence-electron chi connectivity index (χ1n) is 6.52. The van der Waals surface area contributed by atoms with Crippen molar-refractivity contribution in [3.63, 3.8) is 0 Å². The Morgan fingerprint density at radius 2 is 2.11 bits per heavy atom. The van der Waals surface area contributed by atoms with Crippen molar-refractivity contribution in [3.05, 3.63) is 29.8 Å². The first-order valence-corrected chi connectivity index (χ1v) is 6.52. The maximum atomic E-state index is 12.0. The Balaban J connectivity index is 1.74. The van der Waals surface area contributed by atoms with Crippen LogP contribution in [0.5, 0.6) is 5.75 Å². The summed E-state index contributed by atoms with van der Waals surface area (Å²) >= 11 is 0. The molecule has 0 saturated carbocycles. The van der Waals surface area contributed by atoms with Crippen LogP contribution in [-0.2, 0) is 9.59 Å². The average molecular weight is 260 g/mol. The number of hydrogen-bond donors (Lipinski definition) is 1. The van der Waals surface area contributed by atoms with E-state index in [4.69, 9.17) is 4.74 Å². The fraction of sp³-hybridized carbons (Fsp3) is 0.429. The van der Waals surface area contributed by atoms with Crippen LogP contribution in [-0.4, -0.2) is 35.9 Å². The molecule has 0 radical (unpaired) electrons. The summed E-state index contributed by atoms with van der Waals surface area (Å²) in [6.45, 7) is 2.75. The van der Waals surface area contributed by atoms with Crippen LogP contribution in [0, 0.1) is 0 Å². The molecule has 2 amide bonds. The van der Waals surface area contributed by atoms with Crippen LogP contribution in [0.25, 0.3) is 0 Å². The quantitative estimate of drug-likeness (QED) is 0.819. The molecule has 0 aromatic heterocycles. The summed E-state index contributed by atoms with van der Waals surface area (Å²) in [6, 6.07) is 7.32. The van der Waals surface area contributed by atoms with Gasteiger partial charge in [0.2, 0.25) is 11.8 Å². The lowest BCUT2D eigenvalue weighted by Crippen LogP contribution is -2.40. The van der Waals surface area contributed by atoms with E-state index in [1.807, 2.05) is 31.2 Å². The van der Waals surface area contributed by atoms with Crippen molar-refractivity contribution >= 4 is 11.8 Å². The summed E-state index contributed by atoms with van der Waals surface area (Å²) in [7, 11) is 0. The Labute approximate surface area is 111 Å². The van der Waals surface area contributed by atoms with Gasteiger partial charge >= 0.3 is 0 Å². The van der Waals surface area contributed by atoms with Crippen LogP contribution in [0.15, 0.2) is 24.3 Å². The molecule has 100 valence electrons. The molecule has 19 heavy (non-hydrogen) atoms. The molecule has 2 aliphatic rings. The highest BCUT2D eigenvalue weighted by Gasteiger charge is 2.39. The fourth-order valence-corrected chi connectivity index (χ4v) is 2.69. The number of hydrogen-bond acceptors (Lipinski definition) is 4. The summed E-state index contributed by atoms with van der Waals surface area (Å²) in [6.07, 6.45) is 0.241. The van der Waals surface area contributed by atoms with Crippen molar-refractivity contribution in [2.24, 2.45) is 0 Å². The largest absolute Gasteiger partial charge is 0.491 e. The topological polar surface area (TPSA) is 58.6 Å². The predicted octanol–water partition coefficient (Wildman–Crippen LogP) is 0.857. The van der Waals surface area contributed by atoms with E-state index in [-0.39, 0.29) is 24.3 Å². The highest BCUT2D eigenvalue weighted by molar-refractivity contribution is 6.05. The lowest BCUT2D eigenvalue weighted by atomic mass is 10.1. The van der Waals surface area contributed by atoms with Crippen molar-refractivity contribution < 1.29 is 14.3 Å². The molecule has 5 heteroatoms. The van der Waals surface area contributed by atoms with Crippen molar-refractivity contribution in [1.82, 2.24) is 10.2 Å². The van der Waals surface area contributed by atoms with Gasteiger partial charge < -0.3 is 4.74 Å². The zero-order chi connectivity index (χ0) is 13.4. The smallest absolute Gasteiger partial charge is 0.246 e. The predicted molar refractivity (Wildman–Crippen MR) is 68.6 cm³/mol. The molecule has 0 bridgehead atoms. The van der Waals surface area contributed by atoms with Gasteiger partial charge in [-0.1, -0.05) is 18.2 Å². The second kappa shape index (κ2) is 4.66. The summed E-state index contributed by atoms with van der Waals surface area (Å²) in [5, 5.41) is 3.24. The van der Waals surface area contributed by atoms with Gasteiger partial charge in [-0.3, -0.25) is 19.8 Å². The first kappa shape index (κ1) is 12.2. The van der Waals surface area contributed by atoms with Crippen LogP contribution in [0.1, 0.15) is 24.9 Å². The SMILES string of the molecule is CCN1C(=O)CC(NC2COc3ccccc32)C1=O. The lowest BCUT2D eigenvalue weighted by molar-refractivity contribution is -0.138. The van der Waals surface area contributed by atoms with Gasteiger partial charge in [0, 0.05) is 12.1 Å². The van der Waals surface area contributed by atoms with Crippen molar-refractivity contribution in [1.29, 1.82) is 0 Å². The molecule has 2 aliphatic heterocycles. The third-order valence-electron chi connectivity index (χ3n) is 3.66. The molecule has 1 fully saturated rings. The number of nitrogens with zero attached hydrogens (tertiary/aromatic N) is 1. The van der Waals surface area contributed by atoms with Gasteiger partial charge in [0.15, 0.2) is 0 Å². The van der Waals surface area contributed by atoms with E-state index in [1.165, 1.54) is 4.90 Å². The second-order valence-corrected chi connectivity index (χ2v) is 4.80. The van der Waals surface area contributed by atoms with E-state index in [9.17, 15) is 9.59 Å². The third kappa shape index (κ3) is 2.00. The molecular weight excluding hydrogens is 244 g/mol. The van der Waals surface area contributed by atoms with Crippen LogP contribution in [0.3, 0.4) is 0 Å². The maximum absolute atomic E-state index is 12.0. The van der Waals surface area contributed by atoms with E-state index in [2.05, 4.69) is 5.32 Å². The molecule has 2 unspecified atom stereocenters. The molecule has 1 aromatic rings. The molecule has 1 aromatic carbocycles. The van der Waals surface area contributed by atoms with Gasteiger partial charge in [0.1, 0.15) is 12.4 Å². The maximum Gasteiger partial charge on any atom is 0.246 e. The number of benzene rings is 1. The molecule has 5 nitrogen and oxygen atoms in total. The molecule has 0 spiro atoms. The number of ether oxygens (including phenoxy) is 1. The summed E-state index contributed by atoms with van der Waals surface area (Å²) in [5.41, 5.74) is 1.05. The van der Waals surface area contributed by atoms with E-state index in [0.29, 0.717) is 13.2 Å². The van der Waals surface area contributed by atoms with E-state index in [0.717, 1.165) is 11.3 Å². The lowest BCUT2D eigenvalue weighted by Gasteiger charge is -2.17. The standard InChI is InChI=1S/C14H16N2O3/c1-2-16-13(17)7-10(14(16)18)15-11-8-19-12-6-4-3-5-9(11)12/h3-6,10-11,15H,2,7-8H2,1H3. The summed E-state index contributed by atoms with van der Waals surface area (Å²) in [5.74, 6) is 0.623. The number of rotatable bonds is 3. The number of likely N-dealkylation sites (N-methyl/N-ethyl adjacent to an activating group) is 1. The number of carbonyl (C=O) groups excluding carboxylic acids is 2. The number of nitrogens with one attached hydrogen (secondary N) is 1.